The molecule has 6 nitrogen and oxygen atoms in total. The molecule has 0 radical (unpaired) electrons. The standard InChI is InChI=1S/C17H16N4O2/c1-11-8-22-17(23-11)16(10-19)13(7-12-5-3-2-4-6-12)15(16,9-18)14(20)21-17/h2-6,11,13H,7-8H2,1H3,(H2,20,21)/t11-,13-,15-,16-,17+/m1/s1. The molecule has 1 saturated carbocycles. The molecule has 4 rings (SSSR count). The number of benzene rings is 1. The molecular weight excluding hydrogens is 292 g/mol. The van der Waals surface area contributed by atoms with Crippen molar-refractivity contribution in [3.63, 3.8) is 0 Å². The summed E-state index contributed by atoms with van der Waals surface area (Å²) < 4.78 is 11.6. The Balaban J connectivity index is 1.80. The van der Waals surface area contributed by atoms with E-state index in [0.717, 1.165) is 5.56 Å². The quantitative estimate of drug-likeness (QED) is 0.887. The van der Waals surface area contributed by atoms with E-state index in [1.165, 1.54) is 0 Å². The number of fused-ring (bicyclic) bond motifs is 2. The fraction of sp³-hybridized carbons (Fsp3) is 0.471. The molecule has 2 fully saturated rings. The summed E-state index contributed by atoms with van der Waals surface area (Å²) in [5.41, 5.74) is 4.81. The van der Waals surface area contributed by atoms with Gasteiger partial charge < -0.3 is 15.2 Å². The number of rotatable bonds is 2. The maximum atomic E-state index is 9.95. The number of hydrogen-bond acceptors (Lipinski definition) is 6. The Bertz CT molecular complexity index is 780. The predicted octanol–water partition coefficient (Wildman–Crippen LogP) is 1.34. The maximum Gasteiger partial charge on any atom is 0.293 e. The van der Waals surface area contributed by atoms with Crippen molar-refractivity contribution in [1.82, 2.24) is 0 Å². The van der Waals surface area contributed by atoms with Gasteiger partial charge in [-0.25, -0.2) is 4.99 Å². The minimum Gasteiger partial charge on any atom is -0.386 e. The Hall–Kier alpha value is -2.41. The van der Waals surface area contributed by atoms with Gasteiger partial charge in [0.25, 0.3) is 5.91 Å². The zero-order valence-electron chi connectivity index (χ0n) is 12.7. The molecule has 2 N–H and O–H groups in total. The van der Waals surface area contributed by atoms with Crippen molar-refractivity contribution in [1.29, 1.82) is 10.5 Å². The van der Waals surface area contributed by atoms with Crippen molar-refractivity contribution < 1.29 is 9.47 Å². The number of nitrogens with two attached hydrogens (primary N) is 1. The second-order valence-electron chi connectivity index (χ2n) is 6.40. The van der Waals surface area contributed by atoms with E-state index < -0.39 is 16.7 Å². The van der Waals surface area contributed by atoms with Gasteiger partial charge in [0.1, 0.15) is 11.3 Å². The molecule has 1 aromatic rings. The third kappa shape index (κ3) is 1.41. The van der Waals surface area contributed by atoms with Crippen molar-refractivity contribution in [2.24, 2.45) is 27.5 Å². The zero-order valence-corrected chi connectivity index (χ0v) is 12.7. The minimum absolute atomic E-state index is 0.150. The summed E-state index contributed by atoms with van der Waals surface area (Å²) in [6.45, 7) is 2.19. The van der Waals surface area contributed by atoms with Crippen molar-refractivity contribution >= 4 is 5.84 Å². The first-order chi connectivity index (χ1) is 11.1. The van der Waals surface area contributed by atoms with E-state index in [0.29, 0.717) is 13.0 Å². The van der Waals surface area contributed by atoms with Gasteiger partial charge in [0.05, 0.1) is 24.8 Å². The van der Waals surface area contributed by atoms with Crippen LogP contribution in [-0.4, -0.2) is 24.5 Å². The average Bonchev–Trinajstić information content (AvgIpc) is 2.85. The lowest BCUT2D eigenvalue weighted by molar-refractivity contribution is -0.195. The van der Waals surface area contributed by atoms with Crippen LogP contribution in [0.3, 0.4) is 0 Å². The number of nitrogens with zero attached hydrogens (tertiary/aromatic N) is 3. The summed E-state index contributed by atoms with van der Waals surface area (Å²) in [6.07, 6.45) is 0.366. The van der Waals surface area contributed by atoms with Crippen molar-refractivity contribution in [2.75, 3.05) is 6.61 Å². The summed E-state index contributed by atoms with van der Waals surface area (Å²) in [5.74, 6) is -1.59. The molecule has 5 atom stereocenters. The molecule has 23 heavy (non-hydrogen) atoms. The van der Waals surface area contributed by atoms with Crippen LogP contribution < -0.4 is 5.73 Å². The summed E-state index contributed by atoms with van der Waals surface area (Å²) in [4.78, 5) is 4.28. The largest absolute Gasteiger partial charge is 0.386 e. The fourth-order valence-electron chi connectivity index (χ4n) is 4.19. The smallest absolute Gasteiger partial charge is 0.293 e. The van der Waals surface area contributed by atoms with Crippen LogP contribution >= 0.6 is 0 Å². The van der Waals surface area contributed by atoms with Crippen LogP contribution in [0.15, 0.2) is 35.3 Å². The van der Waals surface area contributed by atoms with Gasteiger partial charge in [-0.15, -0.1) is 0 Å². The van der Waals surface area contributed by atoms with E-state index in [4.69, 9.17) is 15.2 Å². The molecule has 2 heterocycles. The summed E-state index contributed by atoms with van der Waals surface area (Å²) in [5, 5.41) is 19.8. The summed E-state index contributed by atoms with van der Waals surface area (Å²) >= 11 is 0. The van der Waals surface area contributed by atoms with E-state index in [2.05, 4.69) is 17.1 Å². The van der Waals surface area contributed by atoms with Gasteiger partial charge in [0.2, 0.25) is 0 Å². The number of hydrogen-bond donors (Lipinski definition) is 1. The highest BCUT2D eigenvalue weighted by atomic mass is 16.8. The lowest BCUT2D eigenvalue weighted by atomic mass is 9.94. The molecule has 0 bridgehead atoms. The van der Waals surface area contributed by atoms with Crippen molar-refractivity contribution in [3.05, 3.63) is 35.9 Å². The zero-order chi connectivity index (χ0) is 16.3. The first-order valence-electron chi connectivity index (χ1n) is 7.60. The number of ether oxygens (including phenoxy) is 2. The molecule has 1 aliphatic carbocycles. The molecule has 0 aromatic heterocycles. The molecular formula is C17H16N4O2. The van der Waals surface area contributed by atoms with Gasteiger partial charge in [-0.3, -0.25) is 0 Å². The van der Waals surface area contributed by atoms with E-state index >= 15 is 0 Å². The van der Waals surface area contributed by atoms with E-state index in [9.17, 15) is 10.5 Å². The minimum atomic E-state index is -1.44. The second-order valence-corrected chi connectivity index (χ2v) is 6.40. The van der Waals surface area contributed by atoms with Gasteiger partial charge in [0, 0.05) is 5.92 Å². The first-order valence-corrected chi connectivity index (χ1v) is 7.60. The Morgan fingerprint density at radius 3 is 2.61 bits per heavy atom. The molecule has 0 unspecified atom stereocenters. The molecule has 6 heteroatoms. The molecule has 1 aromatic carbocycles. The SMILES string of the molecule is C[C@@H]1CO[C@]2(N=C(N)[C@@]3(C#N)[C@@H](Cc4ccccc4)[C@@]23C#N)O1. The number of amidine groups is 1. The Labute approximate surface area is 134 Å². The van der Waals surface area contributed by atoms with Gasteiger partial charge in [-0.2, -0.15) is 10.5 Å². The van der Waals surface area contributed by atoms with Crippen LogP contribution in [0.2, 0.25) is 0 Å². The lowest BCUT2D eigenvalue weighted by Gasteiger charge is -2.26. The van der Waals surface area contributed by atoms with Gasteiger partial charge in [-0.1, -0.05) is 30.3 Å². The Morgan fingerprint density at radius 1 is 1.30 bits per heavy atom. The lowest BCUT2D eigenvalue weighted by Crippen LogP contribution is -2.39. The van der Waals surface area contributed by atoms with Gasteiger partial charge >= 0.3 is 0 Å². The molecule has 3 aliphatic rings. The summed E-state index contributed by atoms with van der Waals surface area (Å²) in [6, 6.07) is 14.3. The molecule has 0 amide bonds. The topological polar surface area (TPSA) is 104 Å². The van der Waals surface area contributed by atoms with Crippen molar-refractivity contribution in [3.8, 4) is 12.1 Å². The van der Waals surface area contributed by atoms with Crippen LogP contribution in [-0.2, 0) is 15.9 Å². The molecule has 2 aliphatic heterocycles. The predicted molar refractivity (Wildman–Crippen MR) is 80.6 cm³/mol. The fourth-order valence-corrected chi connectivity index (χ4v) is 4.19. The van der Waals surface area contributed by atoms with Crippen LogP contribution in [0, 0.1) is 39.4 Å². The van der Waals surface area contributed by atoms with E-state index in [-0.39, 0.29) is 17.9 Å². The van der Waals surface area contributed by atoms with E-state index in [1.807, 2.05) is 37.3 Å². The van der Waals surface area contributed by atoms with Crippen LogP contribution in [0.5, 0.6) is 0 Å². The molecule has 116 valence electrons. The van der Waals surface area contributed by atoms with E-state index in [1.54, 1.807) is 0 Å². The highest BCUT2D eigenvalue weighted by Crippen LogP contribution is 2.79. The monoisotopic (exact) mass is 308 g/mol. The summed E-state index contributed by atoms with van der Waals surface area (Å²) in [7, 11) is 0. The average molecular weight is 308 g/mol. The van der Waals surface area contributed by atoms with Crippen molar-refractivity contribution in [2.45, 2.75) is 25.4 Å². The molecule has 1 spiro atoms. The second kappa shape index (κ2) is 4.32. The third-order valence-corrected chi connectivity index (χ3v) is 5.26. The van der Waals surface area contributed by atoms with Gasteiger partial charge in [-0.05, 0) is 18.9 Å². The van der Waals surface area contributed by atoms with Crippen LogP contribution in [0.1, 0.15) is 12.5 Å². The van der Waals surface area contributed by atoms with Crippen LogP contribution in [0.4, 0.5) is 0 Å². The number of nitriles is 2. The highest BCUT2D eigenvalue weighted by molar-refractivity contribution is 5.98. The highest BCUT2D eigenvalue weighted by Gasteiger charge is 2.93. The number of aliphatic imine (C=N–C) groups is 1. The normalized spacial score (nSPS) is 43.5. The molecule has 1 saturated heterocycles. The van der Waals surface area contributed by atoms with Gasteiger partial charge in [0.15, 0.2) is 5.41 Å². The Morgan fingerprint density at radius 2 is 2.04 bits per heavy atom. The maximum absolute atomic E-state index is 9.95. The van der Waals surface area contributed by atoms with Crippen LogP contribution in [0.25, 0.3) is 0 Å². The third-order valence-electron chi connectivity index (χ3n) is 5.26. The first kappa shape index (κ1) is 14.2. The Kier molecular flexibility index (Phi) is 2.67.